The van der Waals surface area contributed by atoms with E-state index in [2.05, 4.69) is 20.2 Å². The number of carbonyl (C=O) groups excluding carboxylic acids is 1. The SMILES string of the molecule is CN(C)c1cc2c(nn1)CCN(C(=O)c1cc(F)cc3[nH]cnc13)C2. The summed E-state index contributed by atoms with van der Waals surface area (Å²) in [6.07, 6.45) is 2.09. The van der Waals surface area contributed by atoms with Crippen LogP contribution in [0.25, 0.3) is 11.0 Å². The number of nitrogens with one attached hydrogen (secondary N) is 1. The van der Waals surface area contributed by atoms with Crippen LogP contribution in [0.15, 0.2) is 24.5 Å². The normalized spacial score (nSPS) is 13.8. The first-order valence-electron chi connectivity index (χ1n) is 7.97. The molecule has 1 amide bonds. The maximum Gasteiger partial charge on any atom is 0.256 e. The highest BCUT2D eigenvalue weighted by atomic mass is 19.1. The average molecular weight is 340 g/mol. The van der Waals surface area contributed by atoms with Crippen molar-refractivity contribution in [1.29, 1.82) is 0 Å². The number of rotatable bonds is 2. The minimum Gasteiger partial charge on any atom is -0.361 e. The Hall–Kier alpha value is -3.03. The molecule has 3 aromatic rings. The van der Waals surface area contributed by atoms with E-state index in [0.29, 0.717) is 30.5 Å². The van der Waals surface area contributed by atoms with Crippen LogP contribution in [0.2, 0.25) is 0 Å². The van der Waals surface area contributed by atoms with Crippen LogP contribution < -0.4 is 4.90 Å². The Bertz CT molecular complexity index is 967. The van der Waals surface area contributed by atoms with Gasteiger partial charge in [-0.25, -0.2) is 9.37 Å². The van der Waals surface area contributed by atoms with Gasteiger partial charge in [-0.05, 0) is 23.8 Å². The van der Waals surface area contributed by atoms with Crippen LogP contribution in [-0.4, -0.2) is 51.6 Å². The predicted molar refractivity (Wildman–Crippen MR) is 90.9 cm³/mol. The highest BCUT2D eigenvalue weighted by Crippen LogP contribution is 2.24. The molecule has 0 saturated carbocycles. The Kier molecular flexibility index (Phi) is 3.60. The number of H-pyrrole nitrogens is 1. The molecule has 2 aromatic heterocycles. The Morgan fingerprint density at radius 2 is 2.12 bits per heavy atom. The van der Waals surface area contributed by atoms with Gasteiger partial charge in [-0.15, -0.1) is 5.10 Å². The van der Waals surface area contributed by atoms with Gasteiger partial charge in [0.2, 0.25) is 0 Å². The molecule has 0 atom stereocenters. The minimum atomic E-state index is -0.460. The molecule has 8 heteroatoms. The average Bonchev–Trinajstić information content (AvgIpc) is 3.07. The van der Waals surface area contributed by atoms with Crippen molar-refractivity contribution >= 4 is 22.8 Å². The van der Waals surface area contributed by atoms with Crippen LogP contribution in [0.5, 0.6) is 0 Å². The van der Waals surface area contributed by atoms with Crippen molar-refractivity contribution in [2.24, 2.45) is 0 Å². The first kappa shape index (κ1) is 15.5. The number of nitrogens with zero attached hydrogens (tertiary/aromatic N) is 5. The second-order valence-electron chi connectivity index (χ2n) is 6.30. The van der Waals surface area contributed by atoms with Gasteiger partial charge in [-0.1, -0.05) is 0 Å². The predicted octanol–water partition coefficient (Wildman–Crippen LogP) is 1.76. The van der Waals surface area contributed by atoms with E-state index in [0.717, 1.165) is 17.1 Å². The summed E-state index contributed by atoms with van der Waals surface area (Å²) in [6, 6.07) is 4.53. The van der Waals surface area contributed by atoms with Crippen LogP contribution in [0, 0.1) is 5.82 Å². The molecule has 4 rings (SSSR count). The molecule has 0 bridgehead atoms. The number of hydrogen-bond acceptors (Lipinski definition) is 5. The topological polar surface area (TPSA) is 78.0 Å². The molecule has 1 aromatic carbocycles. The van der Waals surface area contributed by atoms with E-state index in [4.69, 9.17) is 0 Å². The second-order valence-corrected chi connectivity index (χ2v) is 6.30. The van der Waals surface area contributed by atoms with E-state index in [9.17, 15) is 9.18 Å². The number of amides is 1. The number of anilines is 1. The van der Waals surface area contributed by atoms with Gasteiger partial charge in [0.15, 0.2) is 5.82 Å². The van der Waals surface area contributed by atoms with Gasteiger partial charge in [-0.3, -0.25) is 4.79 Å². The Morgan fingerprint density at radius 1 is 1.28 bits per heavy atom. The largest absolute Gasteiger partial charge is 0.361 e. The van der Waals surface area contributed by atoms with Crippen LogP contribution in [0.4, 0.5) is 10.2 Å². The zero-order chi connectivity index (χ0) is 17.6. The first-order valence-corrected chi connectivity index (χ1v) is 7.97. The first-order chi connectivity index (χ1) is 12.0. The van der Waals surface area contributed by atoms with Gasteiger partial charge in [0.1, 0.15) is 11.3 Å². The fourth-order valence-electron chi connectivity index (χ4n) is 3.06. The van der Waals surface area contributed by atoms with Crippen molar-refractivity contribution in [3.05, 3.63) is 47.2 Å². The zero-order valence-corrected chi connectivity index (χ0v) is 14.0. The molecule has 0 radical (unpaired) electrons. The van der Waals surface area contributed by atoms with E-state index in [1.165, 1.54) is 18.5 Å². The number of imidazole rings is 1. The molecule has 0 fully saturated rings. The number of halogens is 1. The minimum absolute atomic E-state index is 0.231. The highest BCUT2D eigenvalue weighted by molar-refractivity contribution is 6.04. The number of hydrogen-bond donors (Lipinski definition) is 1. The lowest BCUT2D eigenvalue weighted by Gasteiger charge is -2.28. The molecular weight excluding hydrogens is 323 g/mol. The molecule has 1 aliphatic rings. The van der Waals surface area contributed by atoms with Crippen LogP contribution in [-0.2, 0) is 13.0 Å². The third-order valence-corrected chi connectivity index (χ3v) is 4.39. The van der Waals surface area contributed by atoms with E-state index in [1.54, 1.807) is 4.90 Å². The maximum atomic E-state index is 13.8. The summed E-state index contributed by atoms with van der Waals surface area (Å²) in [6.45, 7) is 0.942. The van der Waals surface area contributed by atoms with E-state index < -0.39 is 5.82 Å². The lowest BCUT2D eigenvalue weighted by Crippen LogP contribution is -2.36. The van der Waals surface area contributed by atoms with Crippen molar-refractivity contribution in [2.45, 2.75) is 13.0 Å². The molecule has 7 nitrogen and oxygen atoms in total. The highest BCUT2D eigenvalue weighted by Gasteiger charge is 2.25. The summed E-state index contributed by atoms with van der Waals surface area (Å²) in [5.74, 6) is 0.0530. The third-order valence-electron chi connectivity index (χ3n) is 4.39. The number of aromatic amines is 1. The Morgan fingerprint density at radius 3 is 2.92 bits per heavy atom. The van der Waals surface area contributed by atoms with Crippen molar-refractivity contribution < 1.29 is 9.18 Å². The molecular formula is C17H17FN6O. The van der Waals surface area contributed by atoms with Gasteiger partial charge in [0.05, 0.1) is 23.1 Å². The molecule has 0 saturated heterocycles. The second kappa shape index (κ2) is 5.80. The number of carbonyl (C=O) groups is 1. The molecule has 1 N–H and O–H groups in total. The van der Waals surface area contributed by atoms with Gasteiger partial charge < -0.3 is 14.8 Å². The molecule has 0 aliphatic carbocycles. The van der Waals surface area contributed by atoms with Crippen molar-refractivity contribution in [3.63, 3.8) is 0 Å². The van der Waals surface area contributed by atoms with E-state index >= 15 is 0 Å². The summed E-state index contributed by atoms with van der Waals surface area (Å²) in [5, 5.41) is 8.43. The number of benzene rings is 1. The molecule has 1 aliphatic heterocycles. The summed E-state index contributed by atoms with van der Waals surface area (Å²) in [7, 11) is 3.78. The summed E-state index contributed by atoms with van der Waals surface area (Å²) >= 11 is 0. The van der Waals surface area contributed by atoms with Gasteiger partial charge >= 0.3 is 0 Å². The third kappa shape index (κ3) is 2.69. The van der Waals surface area contributed by atoms with Gasteiger partial charge in [0.25, 0.3) is 5.91 Å². The fourth-order valence-corrected chi connectivity index (χ4v) is 3.06. The molecule has 128 valence electrons. The van der Waals surface area contributed by atoms with E-state index in [-0.39, 0.29) is 11.5 Å². The smallest absolute Gasteiger partial charge is 0.256 e. The quantitative estimate of drug-likeness (QED) is 0.769. The summed E-state index contributed by atoms with van der Waals surface area (Å²) in [4.78, 5) is 23.5. The molecule has 3 heterocycles. The molecule has 0 spiro atoms. The zero-order valence-electron chi connectivity index (χ0n) is 14.0. The number of aromatic nitrogens is 4. The van der Waals surface area contributed by atoms with Crippen LogP contribution >= 0.6 is 0 Å². The summed E-state index contributed by atoms with van der Waals surface area (Å²) in [5.41, 5.74) is 3.14. The maximum absolute atomic E-state index is 13.8. The Balaban J connectivity index is 1.67. The fraction of sp³-hybridized carbons (Fsp3) is 0.294. The summed E-state index contributed by atoms with van der Waals surface area (Å²) < 4.78 is 13.8. The van der Waals surface area contributed by atoms with Crippen molar-refractivity contribution in [2.75, 3.05) is 25.5 Å². The lowest BCUT2D eigenvalue weighted by molar-refractivity contribution is 0.0734. The van der Waals surface area contributed by atoms with Crippen molar-refractivity contribution in [1.82, 2.24) is 25.1 Å². The van der Waals surface area contributed by atoms with Crippen LogP contribution in [0.1, 0.15) is 21.6 Å². The van der Waals surface area contributed by atoms with Crippen LogP contribution in [0.3, 0.4) is 0 Å². The van der Waals surface area contributed by atoms with Gasteiger partial charge in [-0.2, -0.15) is 5.10 Å². The monoisotopic (exact) mass is 340 g/mol. The lowest BCUT2D eigenvalue weighted by atomic mass is 10.0. The van der Waals surface area contributed by atoms with Crippen molar-refractivity contribution in [3.8, 4) is 0 Å². The van der Waals surface area contributed by atoms with E-state index in [1.807, 2.05) is 25.1 Å². The van der Waals surface area contributed by atoms with Gasteiger partial charge in [0, 0.05) is 33.6 Å². The molecule has 25 heavy (non-hydrogen) atoms. The Labute approximate surface area is 143 Å². The number of fused-ring (bicyclic) bond motifs is 2. The standard InChI is InChI=1S/C17H17FN6O/c1-23(2)15-5-10-8-24(4-3-13(10)21-22-15)17(25)12-6-11(18)7-14-16(12)20-9-19-14/h5-7,9H,3-4,8H2,1-2H3,(H,19,20). The molecule has 0 unspecified atom stereocenters.